The van der Waals surface area contributed by atoms with E-state index in [-0.39, 0.29) is 0 Å². The number of likely N-dealkylation sites (N-methyl/N-ethyl adjacent to an activating group) is 1. The van der Waals surface area contributed by atoms with Crippen molar-refractivity contribution in [3.63, 3.8) is 0 Å². The first kappa shape index (κ1) is 79.2. The molecule has 0 saturated carbocycles. The van der Waals surface area contributed by atoms with Gasteiger partial charge in [-0.15, -0.1) is 12.3 Å². The molecule has 484 valence electrons. The maximum absolute atomic E-state index is 4.60. The predicted octanol–water partition coefficient (Wildman–Crippen LogP) is 27.3. The highest BCUT2D eigenvalue weighted by molar-refractivity contribution is 5.81. The highest BCUT2D eigenvalue weighted by atomic mass is 15.2. The molecule has 8 aromatic rings. The van der Waals surface area contributed by atoms with E-state index in [9.17, 15) is 0 Å². The SMILES string of the molecule is C#CC.C=C(C)/C=C\C(=C/C)N(c1ccc(-c2ccc(N(C)C(/C=C\Cc3ccc(C)cc3)=C/C)cc2)cc1)c1ccc(-c2ccc(N(c3ccc(C)cc3)c3ccc(-c4ccc(C)cc4)cc3)cc2)cc1.C=C/C=C(C)\C=C/C.C=C/C=C(\C)CC.CC.CC.CC. The summed E-state index contributed by atoms with van der Waals surface area (Å²) in [5, 5.41) is 0. The van der Waals surface area contributed by atoms with Crippen molar-refractivity contribution < 1.29 is 0 Å². The zero-order valence-corrected chi connectivity index (χ0v) is 59.9. The number of terminal acetylenes is 1. The number of benzene rings is 8. The quantitative estimate of drug-likeness (QED) is 0.0556. The third kappa shape index (κ3) is 26.8. The lowest BCUT2D eigenvalue weighted by Gasteiger charge is -2.27. The first-order valence-electron chi connectivity index (χ1n) is 33.0. The van der Waals surface area contributed by atoms with Crippen LogP contribution >= 0.6 is 0 Å². The van der Waals surface area contributed by atoms with E-state index < -0.39 is 0 Å². The van der Waals surface area contributed by atoms with Crippen LogP contribution in [0.5, 0.6) is 0 Å². The van der Waals surface area contributed by atoms with E-state index in [1.54, 1.807) is 13.0 Å². The Morgan fingerprint density at radius 2 is 0.763 bits per heavy atom. The summed E-state index contributed by atoms with van der Waals surface area (Å²) in [5.41, 5.74) is 24.6. The summed E-state index contributed by atoms with van der Waals surface area (Å²) in [6.07, 6.45) is 31.3. The van der Waals surface area contributed by atoms with Gasteiger partial charge in [0.05, 0.1) is 0 Å². The molecule has 0 fully saturated rings. The number of aryl methyl sites for hydroxylation is 3. The van der Waals surface area contributed by atoms with Crippen LogP contribution in [0.2, 0.25) is 0 Å². The Kier molecular flexibility index (Phi) is 38.7. The summed E-state index contributed by atoms with van der Waals surface area (Å²) in [7, 11) is 2.13. The average molecular weight is 1230 g/mol. The maximum atomic E-state index is 4.60. The molecule has 0 heterocycles. The van der Waals surface area contributed by atoms with Gasteiger partial charge in [0.25, 0.3) is 0 Å². The molecule has 0 unspecified atom stereocenters. The molecular formula is C90H109N3. The lowest BCUT2D eigenvalue weighted by molar-refractivity contribution is 1.10. The fourth-order valence-electron chi connectivity index (χ4n) is 9.37. The number of nitrogens with zero attached hydrogens (tertiary/aromatic N) is 3. The Morgan fingerprint density at radius 3 is 1.09 bits per heavy atom. The van der Waals surface area contributed by atoms with Crippen LogP contribution in [0.15, 0.2) is 315 Å². The standard InChI is InChI=1S/C66H63N3.C8H12.C7H12.C3H4.3C2H6/c1-9-59(13-11-12-52-21-15-49(5)16-22-52)67(8)61-38-25-54(26-39-61)56-27-40-63(41-28-56)68(60(10-2)35-14-48(3)4)64-42-29-57(30-43-64)58-33-46-66(47-34-58)69(62-36-19-51(7)20-37-62)65-44-31-55(32-45-65)53-23-17-50(6)18-24-53;1-4-6-8(3)7-5-2;1-4-6-7(3)5-2;1-3-2;3*1-2/h9-11,13-47H,3,12H2,1-2,4-8H3;4-7H,1H2,2-3H3;4,6H,1,5H2,2-3H3;1H,2H3;3*1-2H3/b13-11-,35-14-,59-9+,60-10+;7-5-,8-6-;7-6+;;;;. The fraction of sp³-hybridized carbons (Fsp3) is 0.222. The third-order valence-corrected chi connectivity index (χ3v) is 14.4. The molecule has 0 aromatic heterocycles. The van der Waals surface area contributed by atoms with E-state index in [4.69, 9.17) is 0 Å². The summed E-state index contributed by atoms with van der Waals surface area (Å²) in [6.45, 7) is 45.8. The average Bonchev–Trinajstić information content (AvgIpc) is 0.859. The first-order valence-corrected chi connectivity index (χ1v) is 33.0. The van der Waals surface area contributed by atoms with Crippen LogP contribution in [-0.4, -0.2) is 7.05 Å². The zero-order chi connectivity index (χ0) is 69.1. The maximum Gasteiger partial charge on any atom is 0.0462 e. The topological polar surface area (TPSA) is 9.72 Å². The van der Waals surface area contributed by atoms with Crippen LogP contribution in [0.1, 0.15) is 126 Å². The summed E-state index contributed by atoms with van der Waals surface area (Å²) in [5.74, 6) is 2.25. The second-order valence-electron chi connectivity index (χ2n) is 21.4. The van der Waals surface area contributed by atoms with E-state index in [1.807, 2.05) is 92.7 Å². The van der Waals surface area contributed by atoms with Gasteiger partial charge in [-0.25, -0.2) is 0 Å². The molecule has 0 atom stereocenters. The number of anilines is 6. The molecule has 0 aliphatic carbocycles. The highest BCUT2D eigenvalue weighted by Crippen LogP contribution is 2.39. The second-order valence-corrected chi connectivity index (χ2v) is 21.4. The van der Waals surface area contributed by atoms with Crippen LogP contribution in [-0.2, 0) is 6.42 Å². The van der Waals surface area contributed by atoms with E-state index in [2.05, 4.69) is 333 Å². The number of hydrogen-bond donors (Lipinski definition) is 0. The normalized spacial score (nSPS) is 11.0. The van der Waals surface area contributed by atoms with E-state index >= 15 is 0 Å². The summed E-state index contributed by atoms with van der Waals surface area (Å²) >= 11 is 0. The molecule has 0 N–H and O–H groups in total. The summed E-state index contributed by atoms with van der Waals surface area (Å²) in [6, 6.07) is 70.6. The summed E-state index contributed by atoms with van der Waals surface area (Å²) in [4.78, 5) is 6.87. The highest BCUT2D eigenvalue weighted by Gasteiger charge is 2.16. The van der Waals surface area contributed by atoms with Gasteiger partial charge in [-0.05, 0) is 206 Å². The van der Waals surface area contributed by atoms with Crippen molar-refractivity contribution in [3.8, 4) is 45.7 Å². The van der Waals surface area contributed by atoms with E-state index in [1.165, 1.54) is 50.1 Å². The molecule has 8 rings (SSSR count). The van der Waals surface area contributed by atoms with Gasteiger partial charge in [-0.1, -0.05) is 284 Å². The van der Waals surface area contributed by atoms with Crippen LogP contribution in [0, 0.1) is 33.1 Å². The third-order valence-electron chi connectivity index (χ3n) is 14.4. The van der Waals surface area contributed by atoms with Crippen molar-refractivity contribution in [1.82, 2.24) is 0 Å². The van der Waals surface area contributed by atoms with Crippen LogP contribution in [0.3, 0.4) is 0 Å². The van der Waals surface area contributed by atoms with Crippen LogP contribution in [0.25, 0.3) is 33.4 Å². The van der Waals surface area contributed by atoms with Gasteiger partial charge in [0, 0.05) is 52.6 Å². The Hall–Kier alpha value is -9.88. The van der Waals surface area contributed by atoms with Crippen molar-refractivity contribution in [2.75, 3.05) is 21.7 Å². The molecule has 0 saturated heterocycles. The van der Waals surface area contributed by atoms with Crippen molar-refractivity contribution in [2.45, 2.75) is 131 Å². The van der Waals surface area contributed by atoms with E-state index in [0.29, 0.717) is 0 Å². The summed E-state index contributed by atoms with van der Waals surface area (Å²) < 4.78 is 0. The number of rotatable bonds is 20. The molecule has 0 radical (unpaired) electrons. The Labute approximate surface area is 566 Å². The predicted molar refractivity (Wildman–Crippen MR) is 421 cm³/mol. The molecule has 0 bridgehead atoms. The molecular weight excluding hydrogens is 1120 g/mol. The smallest absolute Gasteiger partial charge is 0.0462 e. The molecule has 93 heavy (non-hydrogen) atoms. The van der Waals surface area contributed by atoms with Gasteiger partial charge < -0.3 is 14.7 Å². The molecule has 0 spiro atoms. The van der Waals surface area contributed by atoms with E-state index in [0.717, 1.165) is 80.6 Å². The second kappa shape index (κ2) is 45.4. The number of hydrogen-bond acceptors (Lipinski definition) is 3. The lowest BCUT2D eigenvalue weighted by Crippen LogP contribution is -2.15. The van der Waals surface area contributed by atoms with Gasteiger partial charge in [0.1, 0.15) is 0 Å². The van der Waals surface area contributed by atoms with Crippen molar-refractivity contribution in [2.24, 2.45) is 0 Å². The van der Waals surface area contributed by atoms with Crippen molar-refractivity contribution in [1.29, 1.82) is 0 Å². The van der Waals surface area contributed by atoms with Crippen molar-refractivity contribution in [3.05, 3.63) is 337 Å². The minimum absolute atomic E-state index is 0.902. The first-order chi connectivity index (χ1) is 45.1. The molecule has 0 amide bonds. The van der Waals surface area contributed by atoms with Crippen LogP contribution in [0.4, 0.5) is 34.1 Å². The molecule has 0 aliphatic rings. The minimum Gasteiger partial charge on any atom is -0.345 e. The van der Waals surface area contributed by atoms with Gasteiger partial charge in [0.2, 0.25) is 0 Å². The molecule has 3 heteroatoms. The van der Waals surface area contributed by atoms with Crippen LogP contribution < -0.4 is 14.7 Å². The Morgan fingerprint density at radius 1 is 0.441 bits per heavy atom. The molecule has 8 aromatic carbocycles. The monoisotopic (exact) mass is 1230 g/mol. The zero-order valence-electron chi connectivity index (χ0n) is 59.9. The Balaban J connectivity index is 0.00000106. The van der Waals surface area contributed by atoms with Gasteiger partial charge in [-0.2, -0.15) is 0 Å². The molecule has 3 nitrogen and oxygen atoms in total. The number of allylic oxidation sites excluding steroid dienone is 15. The molecule has 0 aliphatic heterocycles. The van der Waals surface area contributed by atoms with Gasteiger partial charge >= 0.3 is 0 Å². The van der Waals surface area contributed by atoms with Crippen molar-refractivity contribution >= 4 is 34.1 Å². The largest absolute Gasteiger partial charge is 0.345 e. The lowest BCUT2D eigenvalue weighted by atomic mass is 10.0. The fourth-order valence-corrected chi connectivity index (χ4v) is 9.37. The Bertz CT molecular complexity index is 3680. The van der Waals surface area contributed by atoms with Gasteiger partial charge in [0.15, 0.2) is 0 Å². The minimum atomic E-state index is 0.902. The van der Waals surface area contributed by atoms with Gasteiger partial charge in [-0.3, -0.25) is 0 Å².